The summed E-state index contributed by atoms with van der Waals surface area (Å²) < 4.78 is 0. The number of aromatic amines is 2. The number of H-pyrrole nitrogens is 2. The van der Waals surface area contributed by atoms with Crippen molar-refractivity contribution in [3.8, 4) is 22.0 Å². The Kier molecular flexibility index (Phi) is 6.79. The fourth-order valence-corrected chi connectivity index (χ4v) is 6.23. The Bertz CT molecular complexity index is 1680. The number of allylic oxidation sites excluding steroid dienone is 5. The highest BCUT2D eigenvalue weighted by Gasteiger charge is 2.18. The van der Waals surface area contributed by atoms with E-state index >= 15 is 0 Å². The van der Waals surface area contributed by atoms with Crippen LogP contribution in [0.4, 0.5) is 0 Å². The van der Waals surface area contributed by atoms with Crippen molar-refractivity contribution in [2.45, 2.75) is 33.1 Å². The zero-order chi connectivity index (χ0) is 26.1. The number of nitrogens with one attached hydrogen (secondary N) is 3. The van der Waals surface area contributed by atoms with Gasteiger partial charge in [0.15, 0.2) is 11.5 Å². The molecular weight excluding hydrogens is 488 g/mol. The summed E-state index contributed by atoms with van der Waals surface area (Å²) in [6.07, 6.45) is 11.8. The van der Waals surface area contributed by atoms with E-state index in [-0.39, 0.29) is 0 Å². The number of benzene rings is 1. The topological polar surface area (TPSA) is 82.3 Å². The number of hydrogen-bond donors (Lipinski definition) is 3. The second-order valence-corrected chi connectivity index (χ2v) is 11.2. The fraction of sp³-hybridized carbons (Fsp3) is 0.258. The first-order chi connectivity index (χ1) is 18.6. The third kappa shape index (κ3) is 4.75. The van der Waals surface area contributed by atoms with Crippen molar-refractivity contribution in [2.75, 3.05) is 13.1 Å². The number of nitrogens with zero attached hydrogens (tertiary/aromatic N) is 3. The first-order valence-electron chi connectivity index (χ1n) is 13.2. The van der Waals surface area contributed by atoms with Crippen molar-refractivity contribution in [3.63, 3.8) is 0 Å². The molecule has 0 aliphatic carbocycles. The third-order valence-electron chi connectivity index (χ3n) is 7.42. The normalized spacial score (nSPS) is 15.5. The number of thiophene rings is 1. The Labute approximate surface area is 226 Å². The maximum atomic E-state index is 4.83. The van der Waals surface area contributed by atoms with E-state index in [0.29, 0.717) is 17.4 Å². The lowest BCUT2D eigenvalue weighted by Gasteiger charge is -2.23. The monoisotopic (exact) mass is 520 g/mol. The SMILES string of the molecule is C=C/C(=C\C(=C/C)c1ccc2[nH]nc(-c3nc4nccc(-c5ccc(C)s5)c4[nH]3)c2c1)CC1CCNCC1. The Morgan fingerprint density at radius 3 is 2.79 bits per heavy atom. The zero-order valence-corrected chi connectivity index (χ0v) is 22.7. The Morgan fingerprint density at radius 1 is 1.16 bits per heavy atom. The molecule has 5 aromatic rings. The van der Waals surface area contributed by atoms with Crippen LogP contribution in [-0.2, 0) is 0 Å². The van der Waals surface area contributed by atoms with Crippen molar-refractivity contribution < 1.29 is 0 Å². The minimum atomic E-state index is 0.696. The molecule has 192 valence electrons. The van der Waals surface area contributed by atoms with Crippen molar-refractivity contribution in [1.82, 2.24) is 30.5 Å². The molecule has 1 aliphatic rings. The fourth-order valence-electron chi connectivity index (χ4n) is 5.34. The smallest absolute Gasteiger partial charge is 0.178 e. The zero-order valence-electron chi connectivity index (χ0n) is 21.8. The molecule has 0 amide bonds. The van der Waals surface area contributed by atoms with Crippen LogP contribution in [0, 0.1) is 12.8 Å². The average molecular weight is 521 g/mol. The van der Waals surface area contributed by atoms with Gasteiger partial charge in [0.1, 0.15) is 5.69 Å². The predicted octanol–water partition coefficient (Wildman–Crippen LogP) is 7.44. The predicted molar refractivity (Wildman–Crippen MR) is 159 cm³/mol. The highest BCUT2D eigenvalue weighted by Crippen LogP contribution is 2.35. The van der Waals surface area contributed by atoms with Crippen molar-refractivity contribution in [2.24, 2.45) is 5.92 Å². The van der Waals surface area contributed by atoms with Crippen molar-refractivity contribution in [1.29, 1.82) is 0 Å². The highest BCUT2D eigenvalue weighted by atomic mass is 32.1. The maximum Gasteiger partial charge on any atom is 0.178 e. The number of hydrogen-bond acceptors (Lipinski definition) is 5. The van der Waals surface area contributed by atoms with Gasteiger partial charge in [0.05, 0.1) is 11.0 Å². The summed E-state index contributed by atoms with van der Waals surface area (Å²) in [6, 6.07) is 12.8. The van der Waals surface area contributed by atoms with Gasteiger partial charge in [0.25, 0.3) is 0 Å². The second kappa shape index (κ2) is 10.5. The molecule has 3 N–H and O–H groups in total. The van der Waals surface area contributed by atoms with Crippen LogP contribution in [-0.4, -0.2) is 38.2 Å². The maximum absolute atomic E-state index is 4.83. The van der Waals surface area contributed by atoms with Gasteiger partial charge in [-0.2, -0.15) is 5.10 Å². The standard InChI is InChI=1S/C31H32N6S/c1-4-20(16-21-10-13-32-14-11-21)17-22(5-2)23-7-8-26-25(18-23)29(37-36-26)31-34-28-24(12-15-33-30(28)35-31)27-9-6-19(3)38-27/h4-9,12,15,17-18,21,32H,1,10-11,13-14,16H2,2-3H3,(H,36,37)(H,33,34,35)/b20-17+,22-5+. The molecule has 6 rings (SSSR count). The van der Waals surface area contributed by atoms with E-state index in [1.54, 1.807) is 11.3 Å². The Hall–Kier alpha value is -3.81. The highest BCUT2D eigenvalue weighted by molar-refractivity contribution is 7.15. The number of fused-ring (bicyclic) bond motifs is 2. The van der Waals surface area contributed by atoms with Crippen LogP contribution in [0.3, 0.4) is 0 Å². The molecular formula is C31H32N6S. The van der Waals surface area contributed by atoms with Crippen LogP contribution in [0.25, 0.3) is 49.6 Å². The summed E-state index contributed by atoms with van der Waals surface area (Å²) in [5, 5.41) is 12.3. The van der Waals surface area contributed by atoms with Gasteiger partial charge in [0.2, 0.25) is 0 Å². The molecule has 4 aromatic heterocycles. The van der Waals surface area contributed by atoms with Crippen molar-refractivity contribution >= 4 is 39.0 Å². The van der Waals surface area contributed by atoms with E-state index in [9.17, 15) is 0 Å². The molecule has 1 aliphatic heterocycles. The molecule has 0 spiro atoms. The van der Waals surface area contributed by atoms with Crippen LogP contribution in [0.2, 0.25) is 0 Å². The molecule has 1 aromatic carbocycles. The van der Waals surface area contributed by atoms with Gasteiger partial charge in [-0.15, -0.1) is 11.3 Å². The molecule has 7 heteroatoms. The van der Waals surface area contributed by atoms with E-state index in [0.717, 1.165) is 52.8 Å². The van der Waals surface area contributed by atoms with E-state index in [1.165, 1.54) is 33.7 Å². The van der Waals surface area contributed by atoms with Crippen LogP contribution in [0.5, 0.6) is 0 Å². The van der Waals surface area contributed by atoms with E-state index in [1.807, 2.05) is 18.3 Å². The number of aromatic nitrogens is 5. The summed E-state index contributed by atoms with van der Waals surface area (Å²) in [4.78, 5) is 15.4. The van der Waals surface area contributed by atoms with Crippen LogP contribution < -0.4 is 5.32 Å². The Morgan fingerprint density at radius 2 is 2.03 bits per heavy atom. The van der Waals surface area contributed by atoms with Gasteiger partial charge in [-0.25, -0.2) is 9.97 Å². The molecule has 6 nitrogen and oxygen atoms in total. The largest absolute Gasteiger partial charge is 0.335 e. The van der Waals surface area contributed by atoms with Gasteiger partial charge in [-0.1, -0.05) is 30.9 Å². The first-order valence-corrected chi connectivity index (χ1v) is 14.0. The second-order valence-electron chi connectivity index (χ2n) is 9.95. The van der Waals surface area contributed by atoms with Gasteiger partial charge in [-0.05, 0) is 99.2 Å². The van der Waals surface area contributed by atoms with Crippen molar-refractivity contribution in [3.05, 3.63) is 83.4 Å². The first kappa shape index (κ1) is 24.5. The minimum absolute atomic E-state index is 0.696. The number of imidazole rings is 1. The molecule has 38 heavy (non-hydrogen) atoms. The molecule has 0 bridgehead atoms. The lowest BCUT2D eigenvalue weighted by Crippen LogP contribution is -2.27. The third-order valence-corrected chi connectivity index (χ3v) is 8.45. The molecule has 0 atom stereocenters. The summed E-state index contributed by atoms with van der Waals surface area (Å²) in [7, 11) is 0. The summed E-state index contributed by atoms with van der Waals surface area (Å²) in [5.74, 6) is 1.43. The summed E-state index contributed by atoms with van der Waals surface area (Å²) in [5.41, 5.74) is 8.14. The molecule has 1 saturated heterocycles. The van der Waals surface area contributed by atoms with E-state index in [4.69, 9.17) is 4.98 Å². The average Bonchev–Trinajstić information content (AvgIpc) is 3.68. The van der Waals surface area contributed by atoms with Crippen LogP contribution in [0.1, 0.15) is 36.6 Å². The molecule has 0 unspecified atom stereocenters. The lowest BCUT2D eigenvalue weighted by atomic mass is 9.89. The van der Waals surface area contributed by atoms with E-state index < -0.39 is 0 Å². The molecule has 5 heterocycles. The minimum Gasteiger partial charge on any atom is -0.335 e. The van der Waals surface area contributed by atoms with Gasteiger partial charge in [-0.3, -0.25) is 5.10 Å². The summed E-state index contributed by atoms with van der Waals surface area (Å²) in [6.45, 7) is 10.5. The number of rotatable bonds is 7. The number of pyridine rings is 1. The summed E-state index contributed by atoms with van der Waals surface area (Å²) >= 11 is 1.77. The van der Waals surface area contributed by atoms with Gasteiger partial charge < -0.3 is 10.3 Å². The Balaban J connectivity index is 1.36. The number of piperidine rings is 1. The lowest BCUT2D eigenvalue weighted by molar-refractivity contribution is 0.374. The molecule has 0 radical (unpaired) electrons. The van der Waals surface area contributed by atoms with Gasteiger partial charge >= 0.3 is 0 Å². The molecule has 1 fully saturated rings. The van der Waals surface area contributed by atoms with Crippen LogP contribution in [0.15, 0.2) is 73.0 Å². The van der Waals surface area contributed by atoms with Crippen LogP contribution >= 0.6 is 11.3 Å². The quantitative estimate of drug-likeness (QED) is 0.195. The van der Waals surface area contributed by atoms with Gasteiger partial charge in [0, 0.05) is 26.9 Å². The van der Waals surface area contributed by atoms with E-state index in [2.05, 4.69) is 88.4 Å². The molecule has 0 saturated carbocycles. The number of aryl methyl sites for hydroxylation is 1.